The minimum atomic E-state index is -0.803. The number of nitrogens with zero attached hydrogens (tertiary/aromatic N) is 1. The second kappa shape index (κ2) is 8.53. The van der Waals surface area contributed by atoms with E-state index in [0.717, 1.165) is 0 Å². The quantitative estimate of drug-likeness (QED) is 0.645. The fraction of sp³-hybridized carbons (Fsp3) is 0.727. The Hall–Kier alpha value is -1.61. The van der Waals surface area contributed by atoms with Crippen molar-refractivity contribution in [2.24, 2.45) is 5.92 Å². The van der Waals surface area contributed by atoms with Crippen molar-refractivity contribution >= 4 is 11.9 Å². The van der Waals surface area contributed by atoms with Gasteiger partial charge in [-0.05, 0) is 20.3 Å². The first-order valence-electron chi connectivity index (χ1n) is 5.39. The minimum Gasteiger partial charge on any atom is -0.467 e. The number of hydrogen-bond donors (Lipinski definition) is 1. The number of rotatable bonds is 7. The number of hydrogen-bond acceptors (Lipinski definition) is 5. The molecule has 0 heterocycles. The Bertz CT molecular complexity index is 298. The molecule has 0 unspecified atom stereocenters. The predicted molar refractivity (Wildman–Crippen MR) is 59.8 cm³/mol. The number of amides is 1. The maximum atomic E-state index is 11.4. The van der Waals surface area contributed by atoms with Gasteiger partial charge in [0, 0.05) is 12.5 Å². The zero-order valence-electron chi connectivity index (χ0n) is 10.4. The van der Waals surface area contributed by atoms with E-state index in [-0.39, 0.29) is 18.9 Å². The van der Waals surface area contributed by atoms with Crippen LogP contribution in [-0.4, -0.2) is 38.2 Å². The maximum absolute atomic E-state index is 11.4. The molecular weight excluding hydrogens is 224 g/mol. The Kier molecular flexibility index (Phi) is 7.72. The van der Waals surface area contributed by atoms with E-state index in [2.05, 4.69) is 10.1 Å². The van der Waals surface area contributed by atoms with Gasteiger partial charge < -0.3 is 14.8 Å². The molecule has 6 nitrogen and oxygen atoms in total. The van der Waals surface area contributed by atoms with E-state index in [1.165, 1.54) is 7.11 Å². The van der Waals surface area contributed by atoms with Crippen LogP contribution in [0, 0.1) is 17.2 Å². The lowest BCUT2D eigenvalue weighted by Gasteiger charge is -2.17. The van der Waals surface area contributed by atoms with Crippen molar-refractivity contribution in [3.63, 3.8) is 0 Å². The van der Waals surface area contributed by atoms with Gasteiger partial charge in [0.15, 0.2) is 0 Å². The Morgan fingerprint density at radius 1 is 1.47 bits per heavy atom. The Labute approximate surface area is 101 Å². The monoisotopic (exact) mass is 242 g/mol. The highest BCUT2D eigenvalue weighted by molar-refractivity contribution is 5.85. The largest absolute Gasteiger partial charge is 0.467 e. The Morgan fingerprint density at radius 3 is 2.59 bits per heavy atom. The van der Waals surface area contributed by atoms with Crippen LogP contribution in [0.3, 0.4) is 0 Å². The highest BCUT2D eigenvalue weighted by atomic mass is 16.5. The normalized spacial score (nSPS) is 13.3. The molecule has 0 aliphatic heterocycles. The highest BCUT2D eigenvalue weighted by Crippen LogP contribution is 2.06. The molecule has 0 fully saturated rings. The van der Waals surface area contributed by atoms with Gasteiger partial charge >= 0.3 is 5.97 Å². The Morgan fingerprint density at radius 2 is 2.12 bits per heavy atom. The molecule has 0 aromatic rings. The van der Waals surface area contributed by atoms with Crippen LogP contribution in [0.15, 0.2) is 0 Å². The van der Waals surface area contributed by atoms with E-state index >= 15 is 0 Å². The molecule has 0 aromatic heterocycles. The summed E-state index contributed by atoms with van der Waals surface area (Å²) in [5, 5.41) is 11.2. The molecule has 6 heteroatoms. The maximum Gasteiger partial charge on any atom is 0.328 e. The van der Waals surface area contributed by atoms with Gasteiger partial charge in [-0.25, -0.2) is 4.79 Å². The summed E-state index contributed by atoms with van der Waals surface area (Å²) in [5.41, 5.74) is 0. The lowest BCUT2D eigenvalue weighted by atomic mass is 10.0. The first-order valence-corrected chi connectivity index (χ1v) is 5.39. The van der Waals surface area contributed by atoms with E-state index in [1.807, 2.05) is 6.07 Å². The summed E-state index contributed by atoms with van der Waals surface area (Å²) in [5.74, 6) is -1.30. The molecule has 0 saturated carbocycles. The third kappa shape index (κ3) is 6.53. The van der Waals surface area contributed by atoms with Gasteiger partial charge in [-0.1, -0.05) is 0 Å². The molecule has 0 radical (unpaired) electrons. The van der Waals surface area contributed by atoms with Crippen LogP contribution in [0.25, 0.3) is 0 Å². The van der Waals surface area contributed by atoms with Crippen LogP contribution in [0.2, 0.25) is 0 Å². The van der Waals surface area contributed by atoms with Gasteiger partial charge in [0.2, 0.25) is 5.91 Å². The molecule has 2 atom stereocenters. The third-order valence-electron chi connectivity index (χ3n) is 2.07. The zero-order chi connectivity index (χ0) is 13.3. The number of ether oxygens (including phenoxy) is 2. The fourth-order valence-corrected chi connectivity index (χ4v) is 1.19. The summed E-state index contributed by atoms with van der Waals surface area (Å²) < 4.78 is 9.47. The van der Waals surface area contributed by atoms with Gasteiger partial charge in [-0.15, -0.1) is 0 Å². The average molecular weight is 242 g/mol. The van der Waals surface area contributed by atoms with E-state index < -0.39 is 17.9 Å². The number of esters is 1. The first-order chi connectivity index (χ1) is 8.04. The molecule has 0 spiro atoms. The molecule has 0 rings (SSSR count). The number of nitrogens with one attached hydrogen (secondary N) is 1. The van der Waals surface area contributed by atoms with Crippen molar-refractivity contribution in [2.75, 3.05) is 20.3 Å². The number of nitriles is 1. The van der Waals surface area contributed by atoms with Crippen molar-refractivity contribution < 1.29 is 19.1 Å². The van der Waals surface area contributed by atoms with E-state index in [0.29, 0.717) is 6.61 Å². The number of methoxy groups -OCH3 is 1. The van der Waals surface area contributed by atoms with Gasteiger partial charge in [-0.3, -0.25) is 4.79 Å². The smallest absolute Gasteiger partial charge is 0.328 e. The summed E-state index contributed by atoms with van der Waals surface area (Å²) >= 11 is 0. The van der Waals surface area contributed by atoms with Crippen molar-refractivity contribution in [1.82, 2.24) is 5.32 Å². The zero-order valence-corrected chi connectivity index (χ0v) is 10.4. The van der Waals surface area contributed by atoms with Gasteiger partial charge in [-0.2, -0.15) is 5.26 Å². The SMILES string of the molecule is CCOCC(=O)N[C@H](C[C@@H](C)C#N)C(=O)OC. The number of carbonyl (C=O) groups excluding carboxylic acids is 2. The van der Waals surface area contributed by atoms with Crippen molar-refractivity contribution in [3.8, 4) is 6.07 Å². The lowest BCUT2D eigenvalue weighted by Crippen LogP contribution is -2.44. The van der Waals surface area contributed by atoms with E-state index in [4.69, 9.17) is 10.00 Å². The van der Waals surface area contributed by atoms with Gasteiger partial charge in [0.1, 0.15) is 12.6 Å². The summed E-state index contributed by atoms with van der Waals surface area (Å²) in [6.45, 7) is 3.75. The molecule has 0 saturated heterocycles. The molecule has 1 N–H and O–H groups in total. The standard InChI is InChI=1S/C11H18N2O4/c1-4-17-7-10(14)13-9(11(15)16-3)5-8(2)6-12/h8-9H,4-5,7H2,1-3H3,(H,13,14)/t8-,9-/m1/s1. The molecule has 17 heavy (non-hydrogen) atoms. The molecule has 0 bridgehead atoms. The van der Waals surface area contributed by atoms with Gasteiger partial charge in [0.05, 0.1) is 13.2 Å². The van der Waals surface area contributed by atoms with Crippen LogP contribution >= 0.6 is 0 Å². The lowest BCUT2D eigenvalue weighted by molar-refractivity contribution is -0.146. The molecule has 0 aromatic carbocycles. The fourth-order valence-electron chi connectivity index (χ4n) is 1.19. The molecule has 1 amide bonds. The molecular formula is C11H18N2O4. The minimum absolute atomic E-state index is 0.106. The predicted octanol–water partition coefficient (Wildman–Crippen LogP) is 0.230. The number of carbonyl (C=O) groups is 2. The third-order valence-corrected chi connectivity index (χ3v) is 2.07. The molecule has 0 aliphatic carbocycles. The van der Waals surface area contributed by atoms with E-state index in [9.17, 15) is 9.59 Å². The summed E-state index contributed by atoms with van der Waals surface area (Å²) in [6.07, 6.45) is 0.223. The van der Waals surface area contributed by atoms with Crippen LogP contribution in [-0.2, 0) is 19.1 Å². The van der Waals surface area contributed by atoms with Crippen LogP contribution in [0.4, 0.5) is 0 Å². The van der Waals surface area contributed by atoms with Crippen LogP contribution in [0.5, 0.6) is 0 Å². The Balaban J connectivity index is 4.34. The van der Waals surface area contributed by atoms with Crippen LogP contribution in [0.1, 0.15) is 20.3 Å². The second-order valence-corrected chi connectivity index (χ2v) is 3.55. The molecule has 96 valence electrons. The first kappa shape index (κ1) is 15.4. The summed E-state index contributed by atoms with van der Waals surface area (Å²) in [7, 11) is 1.24. The van der Waals surface area contributed by atoms with E-state index in [1.54, 1.807) is 13.8 Å². The average Bonchev–Trinajstić information content (AvgIpc) is 2.34. The van der Waals surface area contributed by atoms with Gasteiger partial charge in [0.25, 0.3) is 0 Å². The highest BCUT2D eigenvalue weighted by Gasteiger charge is 2.23. The topological polar surface area (TPSA) is 88.4 Å². The summed E-state index contributed by atoms with van der Waals surface area (Å²) in [6, 6.07) is 1.20. The van der Waals surface area contributed by atoms with Crippen LogP contribution < -0.4 is 5.32 Å². The van der Waals surface area contributed by atoms with Crippen molar-refractivity contribution in [2.45, 2.75) is 26.3 Å². The molecule has 0 aliphatic rings. The summed E-state index contributed by atoms with van der Waals surface area (Å²) in [4.78, 5) is 22.8. The van der Waals surface area contributed by atoms with Crippen molar-refractivity contribution in [3.05, 3.63) is 0 Å². The second-order valence-electron chi connectivity index (χ2n) is 3.55. The van der Waals surface area contributed by atoms with Crippen molar-refractivity contribution in [1.29, 1.82) is 5.26 Å².